The molecular weight excluding hydrogens is 368 g/mol. The number of rotatable bonds is 5. The number of fused-ring (bicyclic) bond motifs is 1. The van der Waals surface area contributed by atoms with Gasteiger partial charge in [0.15, 0.2) is 11.2 Å². The van der Waals surface area contributed by atoms with Gasteiger partial charge >= 0.3 is 5.69 Å². The van der Waals surface area contributed by atoms with Gasteiger partial charge in [-0.25, -0.2) is 9.78 Å². The number of benzene rings is 2. The smallest absolute Gasteiger partial charge is 0.330 e. The van der Waals surface area contributed by atoms with Crippen molar-refractivity contribution in [3.05, 3.63) is 81.0 Å². The molecule has 0 spiro atoms. The van der Waals surface area contributed by atoms with Crippen molar-refractivity contribution >= 4 is 11.2 Å². The van der Waals surface area contributed by atoms with E-state index < -0.39 is 11.2 Å². The van der Waals surface area contributed by atoms with Crippen molar-refractivity contribution in [2.75, 3.05) is 0 Å². The summed E-state index contributed by atoms with van der Waals surface area (Å²) in [6, 6.07) is 16.2. The van der Waals surface area contributed by atoms with E-state index in [-0.39, 0.29) is 11.7 Å². The van der Waals surface area contributed by atoms with Crippen molar-refractivity contribution in [1.29, 1.82) is 0 Å². The first-order chi connectivity index (χ1) is 13.9. The highest BCUT2D eigenvalue weighted by molar-refractivity contribution is 5.77. The highest BCUT2D eigenvalue weighted by Gasteiger charge is 2.20. The van der Waals surface area contributed by atoms with Crippen LogP contribution in [0.5, 0.6) is 5.75 Å². The van der Waals surface area contributed by atoms with E-state index in [9.17, 15) is 14.7 Å². The number of nitrogens with zero attached hydrogens (tertiary/aromatic N) is 3. The predicted molar refractivity (Wildman–Crippen MR) is 112 cm³/mol. The molecule has 0 aliphatic carbocycles. The highest BCUT2D eigenvalue weighted by atomic mass is 16.3. The van der Waals surface area contributed by atoms with Gasteiger partial charge in [-0.1, -0.05) is 44.2 Å². The maximum atomic E-state index is 12.7. The summed E-state index contributed by atoms with van der Waals surface area (Å²) in [5.41, 5.74) is 1.49. The zero-order chi connectivity index (χ0) is 20.5. The minimum Gasteiger partial charge on any atom is -0.508 e. The first-order valence-corrected chi connectivity index (χ1v) is 9.50. The standard InChI is InChI=1S/C22H22N4O3/c1-14(2)12-25-18-20(23-19(25)16-8-10-17(27)11-9-16)26(22(29)24-21(18)28)13-15-6-4-3-5-7-15/h3-11,14,27H,12-13H2,1-2H3,(H,24,28,29). The monoisotopic (exact) mass is 390 g/mol. The van der Waals surface area contributed by atoms with Gasteiger partial charge in [0.05, 0.1) is 6.54 Å². The zero-order valence-electron chi connectivity index (χ0n) is 16.3. The number of aromatic amines is 1. The van der Waals surface area contributed by atoms with E-state index in [0.29, 0.717) is 30.1 Å². The molecule has 0 saturated carbocycles. The summed E-state index contributed by atoms with van der Waals surface area (Å²) in [5, 5.41) is 9.62. The molecule has 2 heterocycles. The van der Waals surface area contributed by atoms with E-state index in [2.05, 4.69) is 18.8 Å². The molecule has 0 radical (unpaired) electrons. The Morgan fingerprint density at radius 1 is 1.00 bits per heavy atom. The van der Waals surface area contributed by atoms with Gasteiger partial charge in [-0.15, -0.1) is 0 Å². The summed E-state index contributed by atoms with van der Waals surface area (Å²) in [6.45, 7) is 4.99. The molecule has 2 aromatic carbocycles. The van der Waals surface area contributed by atoms with E-state index in [1.165, 1.54) is 4.57 Å². The van der Waals surface area contributed by atoms with Crippen LogP contribution in [-0.2, 0) is 13.1 Å². The number of hydrogen-bond donors (Lipinski definition) is 2. The topological polar surface area (TPSA) is 92.9 Å². The van der Waals surface area contributed by atoms with Gasteiger partial charge in [-0.3, -0.25) is 14.3 Å². The van der Waals surface area contributed by atoms with Crippen LogP contribution in [0.25, 0.3) is 22.6 Å². The molecule has 0 fully saturated rings. The zero-order valence-corrected chi connectivity index (χ0v) is 16.3. The second-order valence-electron chi connectivity index (χ2n) is 7.49. The van der Waals surface area contributed by atoms with Crippen LogP contribution < -0.4 is 11.2 Å². The number of imidazole rings is 1. The average molecular weight is 390 g/mol. The molecule has 0 aliphatic heterocycles. The number of phenolic OH excluding ortho intramolecular Hbond substituents is 1. The first kappa shape index (κ1) is 18.7. The fourth-order valence-corrected chi connectivity index (χ4v) is 3.46. The average Bonchev–Trinajstić information content (AvgIpc) is 3.05. The maximum Gasteiger partial charge on any atom is 0.330 e. The van der Waals surface area contributed by atoms with Gasteiger partial charge < -0.3 is 9.67 Å². The lowest BCUT2D eigenvalue weighted by Crippen LogP contribution is -2.31. The lowest BCUT2D eigenvalue weighted by molar-refractivity contribution is 0.475. The van der Waals surface area contributed by atoms with Crippen LogP contribution in [0, 0.1) is 5.92 Å². The van der Waals surface area contributed by atoms with Gasteiger partial charge in [0.25, 0.3) is 5.56 Å². The fraction of sp³-hybridized carbons (Fsp3) is 0.227. The quantitative estimate of drug-likeness (QED) is 0.548. The van der Waals surface area contributed by atoms with Crippen LogP contribution >= 0.6 is 0 Å². The Morgan fingerprint density at radius 2 is 1.69 bits per heavy atom. The Hall–Kier alpha value is -3.61. The van der Waals surface area contributed by atoms with Gasteiger partial charge in [0.2, 0.25) is 0 Å². The van der Waals surface area contributed by atoms with E-state index in [1.807, 2.05) is 34.9 Å². The third kappa shape index (κ3) is 3.59. The number of aromatic nitrogens is 4. The highest BCUT2D eigenvalue weighted by Crippen LogP contribution is 2.25. The molecular formula is C22H22N4O3. The molecule has 4 rings (SSSR count). The lowest BCUT2D eigenvalue weighted by Gasteiger charge is -2.11. The SMILES string of the molecule is CC(C)Cn1c(-c2ccc(O)cc2)nc2c1c(=O)[nH]c(=O)n2Cc1ccccc1. The van der Waals surface area contributed by atoms with Crippen molar-refractivity contribution in [3.8, 4) is 17.1 Å². The molecule has 0 saturated heterocycles. The van der Waals surface area contributed by atoms with Crippen LogP contribution in [0.1, 0.15) is 19.4 Å². The molecule has 2 aromatic heterocycles. The van der Waals surface area contributed by atoms with Crippen LogP contribution in [0.4, 0.5) is 0 Å². The molecule has 0 bridgehead atoms. The molecule has 148 valence electrons. The van der Waals surface area contributed by atoms with E-state index in [1.54, 1.807) is 24.3 Å². The van der Waals surface area contributed by atoms with E-state index >= 15 is 0 Å². The molecule has 0 amide bonds. The van der Waals surface area contributed by atoms with Crippen molar-refractivity contribution < 1.29 is 5.11 Å². The summed E-state index contributed by atoms with van der Waals surface area (Å²) in [4.78, 5) is 32.5. The molecule has 0 aliphatic rings. The van der Waals surface area contributed by atoms with Gasteiger partial charge in [0, 0.05) is 12.1 Å². The van der Waals surface area contributed by atoms with E-state index in [4.69, 9.17) is 4.98 Å². The summed E-state index contributed by atoms with van der Waals surface area (Å²) >= 11 is 0. The number of aromatic hydroxyl groups is 1. The Bertz CT molecular complexity index is 1270. The normalized spacial score (nSPS) is 11.4. The van der Waals surface area contributed by atoms with Crippen molar-refractivity contribution in [1.82, 2.24) is 19.1 Å². The Labute approximate surface area is 166 Å². The summed E-state index contributed by atoms with van der Waals surface area (Å²) in [7, 11) is 0. The van der Waals surface area contributed by atoms with Gasteiger partial charge in [-0.2, -0.15) is 0 Å². The number of nitrogens with one attached hydrogen (secondary N) is 1. The lowest BCUT2D eigenvalue weighted by atomic mass is 10.2. The molecule has 0 unspecified atom stereocenters. The largest absolute Gasteiger partial charge is 0.508 e. The molecule has 4 aromatic rings. The van der Waals surface area contributed by atoms with Crippen molar-refractivity contribution in [2.45, 2.75) is 26.9 Å². The minimum atomic E-state index is -0.488. The molecule has 7 heteroatoms. The second kappa shape index (κ2) is 7.43. The van der Waals surface area contributed by atoms with Gasteiger partial charge in [-0.05, 0) is 35.7 Å². The van der Waals surface area contributed by atoms with Gasteiger partial charge in [0.1, 0.15) is 11.6 Å². The van der Waals surface area contributed by atoms with E-state index in [0.717, 1.165) is 11.1 Å². The molecule has 2 N–H and O–H groups in total. The van der Waals surface area contributed by atoms with Crippen molar-refractivity contribution in [3.63, 3.8) is 0 Å². The Kier molecular flexibility index (Phi) is 4.80. The number of H-pyrrole nitrogens is 1. The third-order valence-corrected chi connectivity index (χ3v) is 4.74. The van der Waals surface area contributed by atoms with Crippen molar-refractivity contribution in [2.24, 2.45) is 5.92 Å². The molecule has 7 nitrogen and oxygen atoms in total. The Morgan fingerprint density at radius 3 is 2.34 bits per heavy atom. The third-order valence-electron chi connectivity index (χ3n) is 4.74. The number of hydrogen-bond acceptors (Lipinski definition) is 4. The number of phenols is 1. The minimum absolute atomic E-state index is 0.152. The summed E-state index contributed by atoms with van der Waals surface area (Å²) < 4.78 is 3.35. The molecule has 0 atom stereocenters. The van der Waals surface area contributed by atoms with Crippen LogP contribution in [-0.4, -0.2) is 24.2 Å². The molecule has 29 heavy (non-hydrogen) atoms. The summed E-state index contributed by atoms with van der Waals surface area (Å²) in [6.07, 6.45) is 0. The van der Waals surface area contributed by atoms with Crippen LogP contribution in [0.2, 0.25) is 0 Å². The summed E-state index contributed by atoms with van der Waals surface area (Å²) in [5.74, 6) is 1.00. The predicted octanol–water partition coefficient (Wildman–Crippen LogP) is 2.96. The first-order valence-electron chi connectivity index (χ1n) is 9.50. The fourth-order valence-electron chi connectivity index (χ4n) is 3.46. The Balaban J connectivity index is 2.00. The second-order valence-corrected chi connectivity index (χ2v) is 7.49. The van der Waals surface area contributed by atoms with Crippen LogP contribution in [0.15, 0.2) is 64.2 Å². The van der Waals surface area contributed by atoms with Crippen LogP contribution in [0.3, 0.4) is 0 Å². The maximum absolute atomic E-state index is 12.7.